The minimum atomic E-state index is 0.192. The Morgan fingerprint density at radius 1 is 1.33 bits per heavy atom. The molecule has 1 aromatic rings. The highest BCUT2D eigenvalue weighted by atomic mass is 32.1. The van der Waals surface area contributed by atoms with E-state index < -0.39 is 0 Å². The summed E-state index contributed by atoms with van der Waals surface area (Å²) < 4.78 is 0. The molecular weight excluding hydrogens is 242 g/mol. The van der Waals surface area contributed by atoms with E-state index in [9.17, 15) is 0 Å². The van der Waals surface area contributed by atoms with Gasteiger partial charge in [-0.2, -0.15) is 11.3 Å². The normalized spacial score (nSPS) is 21.9. The molecule has 2 atom stereocenters. The molecule has 2 unspecified atom stereocenters. The molecule has 0 spiro atoms. The van der Waals surface area contributed by atoms with Crippen molar-refractivity contribution in [1.29, 1.82) is 0 Å². The molecular formula is C14H25N3S. The molecule has 1 aliphatic rings. The van der Waals surface area contributed by atoms with Crippen molar-refractivity contribution in [2.24, 2.45) is 5.73 Å². The van der Waals surface area contributed by atoms with Gasteiger partial charge in [-0.3, -0.25) is 4.90 Å². The Bertz CT molecular complexity index is 329. The molecule has 102 valence electrons. The number of rotatable bonds is 5. The summed E-state index contributed by atoms with van der Waals surface area (Å²) in [5.74, 6) is 0. The van der Waals surface area contributed by atoms with Gasteiger partial charge in [0.1, 0.15) is 0 Å². The first-order valence-corrected chi connectivity index (χ1v) is 7.90. The van der Waals surface area contributed by atoms with Crippen LogP contribution in [0.3, 0.4) is 0 Å². The highest BCUT2D eigenvalue weighted by molar-refractivity contribution is 7.07. The summed E-state index contributed by atoms with van der Waals surface area (Å²) in [6, 6.07) is 2.80. The van der Waals surface area contributed by atoms with Gasteiger partial charge in [-0.1, -0.05) is 6.92 Å². The van der Waals surface area contributed by atoms with Gasteiger partial charge >= 0.3 is 0 Å². The maximum atomic E-state index is 6.20. The van der Waals surface area contributed by atoms with E-state index in [1.165, 1.54) is 31.6 Å². The number of thiophene rings is 1. The maximum absolute atomic E-state index is 6.20. The van der Waals surface area contributed by atoms with Crippen LogP contribution in [0.4, 0.5) is 0 Å². The number of hydrogen-bond acceptors (Lipinski definition) is 4. The molecule has 0 aromatic carbocycles. The summed E-state index contributed by atoms with van der Waals surface area (Å²) in [5.41, 5.74) is 7.59. The maximum Gasteiger partial charge on any atom is 0.0505 e. The lowest BCUT2D eigenvalue weighted by Crippen LogP contribution is -2.50. The number of hydrogen-bond donors (Lipinski definition) is 1. The SMILES string of the molecule is CCCN1CCN(C(c2ccsc2)C(C)N)CC1. The zero-order valence-corrected chi connectivity index (χ0v) is 12.3. The average Bonchev–Trinajstić information content (AvgIpc) is 2.85. The Kier molecular flexibility index (Phi) is 5.18. The fourth-order valence-corrected chi connectivity index (χ4v) is 3.56. The van der Waals surface area contributed by atoms with Crippen LogP contribution in [0.2, 0.25) is 0 Å². The average molecular weight is 267 g/mol. The van der Waals surface area contributed by atoms with Crippen molar-refractivity contribution in [2.45, 2.75) is 32.4 Å². The molecule has 18 heavy (non-hydrogen) atoms. The van der Waals surface area contributed by atoms with Gasteiger partial charge in [-0.05, 0) is 42.3 Å². The van der Waals surface area contributed by atoms with E-state index in [0.29, 0.717) is 6.04 Å². The molecule has 3 nitrogen and oxygen atoms in total. The standard InChI is InChI=1S/C14H25N3S/c1-3-5-16-6-8-17(9-7-16)14(12(2)15)13-4-10-18-11-13/h4,10-12,14H,3,5-9,15H2,1-2H3. The Balaban J connectivity index is 1.97. The zero-order chi connectivity index (χ0) is 13.0. The molecule has 1 saturated heterocycles. The van der Waals surface area contributed by atoms with Gasteiger partial charge in [0.2, 0.25) is 0 Å². The Morgan fingerprint density at radius 3 is 2.56 bits per heavy atom. The molecule has 2 N–H and O–H groups in total. The van der Waals surface area contributed by atoms with Crippen LogP contribution in [0.15, 0.2) is 16.8 Å². The number of nitrogens with two attached hydrogens (primary N) is 1. The summed E-state index contributed by atoms with van der Waals surface area (Å²) in [7, 11) is 0. The smallest absolute Gasteiger partial charge is 0.0505 e. The van der Waals surface area contributed by atoms with E-state index in [1.807, 2.05) is 0 Å². The van der Waals surface area contributed by atoms with Gasteiger partial charge in [0, 0.05) is 32.2 Å². The highest BCUT2D eigenvalue weighted by Crippen LogP contribution is 2.26. The lowest BCUT2D eigenvalue weighted by molar-refractivity contribution is 0.0870. The second-order valence-electron chi connectivity index (χ2n) is 5.24. The second kappa shape index (κ2) is 6.66. The van der Waals surface area contributed by atoms with Gasteiger partial charge in [0.05, 0.1) is 6.04 Å². The van der Waals surface area contributed by atoms with Crippen LogP contribution in [0, 0.1) is 0 Å². The Labute approximate surface area is 115 Å². The predicted octanol–water partition coefficient (Wildman–Crippen LogP) is 2.16. The molecule has 2 rings (SSSR count). The van der Waals surface area contributed by atoms with E-state index in [1.54, 1.807) is 11.3 Å². The third kappa shape index (κ3) is 3.32. The van der Waals surface area contributed by atoms with Crippen LogP contribution in [0.5, 0.6) is 0 Å². The first-order chi connectivity index (χ1) is 8.72. The van der Waals surface area contributed by atoms with E-state index in [0.717, 1.165) is 13.1 Å². The van der Waals surface area contributed by atoms with Crippen LogP contribution in [0.1, 0.15) is 31.9 Å². The molecule has 0 saturated carbocycles. The Hall–Kier alpha value is -0.420. The van der Waals surface area contributed by atoms with Crippen LogP contribution in [-0.4, -0.2) is 48.6 Å². The molecule has 1 fully saturated rings. The minimum Gasteiger partial charge on any atom is -0.326 e. The quantitative estimate of drug-likeness (QED) is 0.887. The van der Waals surface area contributed by atoms with Crippen molar-refractivity contribution in [3.63, 3.8) is 0 Å². The number of nitrogens with zero attached hydrogens (tertiary/aromatic N) is 2. The third-order valence-corrected chi connectivity index (χ3v) is 4.42. The molecule has 1 aromatic heterocycles. The van der Waals surface area contributed by atoms with Gasteiger partial charge in [-0.25, -0.2) is 0 Å². The zero-order valence-electron chi connectivity index (χ0n) is 11.5. The number of piperazine rings is 1. The molecule has 4 heteroatoms. The van der Waals surface area contributed by atoms with Gasteiger partial charge < -0.3 is 10.6 Å². The molecule has 0 bridgehead atoms. The minimum absolute atomic E-state index is 0.192. The molecule has 2 heterocycles. The summed E-state index contributed by atoms with van der Waals surface area (Å²) in [5, 5.41) is 4.39. The summed E-state index contributed by atoms with van der Waals surface area (Å²) in [6.45, 7) is 10.3. The van der Waals surface area contributed by atoms with E-state index in [4.69, 9.17) is 5.73 Å². The molecule has 0 amide bonds. The van der Waals surface area contributed by atoms with Crippen molar-refractivity contribution in [1.82, 2.24) is 9.80 Å². The summed E-state index contributed by atoms with van der Waals surface area (Å²) in [6.07, 6.45) is 1.25. The van der Waals surface area contributed by atoms with E-state index >= 15 is 0 Å². The van der Waals surface area contributed by atoms with Gasteiger partial charge in [-0.15, -0.1) is 0 Å². The lowest BCUT2D eigenvalue weighted by atomic mass is 10.0. The van der Waals surface area contributed by atoms with Crippen LogP contribution >= 0.6 is 11.3 Å². The lowest BCUT2D eigenvalue weighted by Gasteiger charge is -2.40. The third-order valence-electron chi connectivity index (χ3n) is 3.72. The molecule has 1 aliphatic heterocycles. The monoisotopic (exact) mass is 267 g/mol. The highest BCUT2D eigenvalue weighted by Gasteiger charge is 2.27. The summed E-state index contributed by atoms with van der Waals surface area (Å²) in [4.78, 5) is 5.11. The fourth-order valence-electron chi connectivity index (χ4n) is 2.87. The van der Waals surface area contributed by atoms with Crippen molar-refractivity contribution in [2.75, 3.05) is 32.7 Å². The fraction of sp³-hybridized carbons (Fsp3) is 0.714. The predicted molar refractivity (Wildman–Crippen MR) is 79.0 cm³/mol. The van der Waals surface area contributed by atoms with Crippen LogP contribution < -0.4 is 5.73 Å². The second-order valence-corrected chi connectivity index (χ2v) is 6.02. The van der Waals surface area contributed by atoms with Crippen LogP contribution in [0.25, 0.3) is 0 Å². The Morgan fingerprint density at radius 2 is 2.06 bits per heavy atom. The topological polar surface area (TPSA) is 32.5 Å². The van der Waals surface area contributed by atoms with Gasteiger partial charge in [0.25, 0.3) is 0 Å². The largest absolute Gasteiger partial charge is 0.326 e. The summed E-state index contributed by atoms with van der Waals surface area (Å²) >= 11 is 1.77. The van der Waals surface area contributed by atoms with E-state index in [2.05, 4.69) is 40.5 Å². The molecule has 0 aliphatic carbocycles. The van der Waals surface area contributed by atoms with Crippen molar-refractivity contribution < 1.29 is 0 Å². The van der Waals surface area contributed by atoms with Crippen molar-refractivity contribution >= 4 is 11.3 Å². The van der Waals surface area contributed by atoms with Crippen molar-refractivity contribution in [3.05, 3.63) is 22.4 Å². The van der Waals surface area contributed by atoms with Crippen molar-refractivity contribution in [3.8, 4) is 0 Å². The first-order valence-electron chi connectivity index (χ1n) is 6.96. The van der Waals surface area contributed by atoms with E-state index in [-0.39, 0.29) is 6.04 Å². The first kappa shape index (κ1) is 14.0. The van der Waals surface area contributed by atoms with Crippen LogP contribution in [-0.2, 0) is 0 Å². The molecule has 0 radical (unpaired) electrons. The van der Waals surface area contributed by atoms with Gasteiger partial charge in [0.15, 0.2) is 0 Å².